The van der Waals surface area contributed by atoms with Gasteiger partial charge in [0, 0.05) is 35.8 Å². The van der Waals surface area contributed by atoms with Gasteiger partial charge in [-0.3, -0.25) is 4.79 Å². The van der Waals surface area contributed by atoms with Crippen molar-refractivity contribution in [3.63, 3.8) is 0 Å². The number of anilines is 1. The number of carbonyl (C=O) groups is 1. The molecule has 0 saturated heterocycles. The van der Waals surface area contributed by atoms with Crippen LogP contribution in [0, 0.1) is 0 Å². The Morgan fingerprint density at radius 1 is 1.40 bits per heavy atom. The number of hydrogen-bond donors (Lipinski definition) is 1. The zero-order valence-electron chi connectivity index (χ0n) is 11.6. The summed E-state index contributed by atoms with van der Waals surface area (Å²) in [6.45, 7) is 0.677. The van der Waals surface area contributed by atoms with Crippen molar-refractivity contribution in [2.45, 2.75) is 6.42 Å². The molecule has 1 amide bonds. The van der Waals surface area contributed by atoms with E-state index in [0.717, 1.165) is 6.42 Å². The number of nitrogen functional groups attached to an aromatic ring is 1. The zero-order valence-corrected chi connectivity index (χ0v) is 12.4. The summed E-state index contributed by atoms with van der Waals surface area (Å²) >= 11 is 1.70. The van der Waals surface area contributed by atoms with Crippen LogP contribution in [0.3, 0.4) is 0 Å². The van der Waals surface area contributed by atoms with Crippen molar-refractivity contribution in [1.29, 1.82) is 0 Å². The van der Waals surface area contributed by atoms with Crippen LogP contribution in [0.5, 0.6) is 5.75 Å². The van der Waals surface area contributed by atoms with Gasteiger partial charge in [0.1, 0.15) is 5.75 Å². The second kappa shape index (κ2) is 6.43. The molecule has 0 fully saturated rings. The van der Waals surface area contributed by atoms with E-state index in [0.29, 0.717) is 23.5 Å². The van der Waals surface area contributed by atoms with E-state index >= 15 is 0 Å². The van der Waals surface area contributed by atoms with Crippen LogP contribution in [0.2, 0.25) is 0 Å². The molecule has 2 aromatic rings. The number of ether oxygens (including phenoxy) is 1. The fraction of sp³-hybridized carbons (Fsp3) is 0.267. The zero-order chi connectivity index (χ0) is 14.5. The van der Waals surface area contributed by atoms with Gasteiger partial charge in [-0.1, -0.05) is 6.07 Å². The molecule has 1 aromatic heterocycles. The highest BCUT2D eigenvalue weighted by Crippen LogP contribution is 2.19. The molecule has 2 rings (SSSR count). The summed E-state index contributed by atoms with van der Waals surface area (Å²) in [5.74, 6) is 0.548. The van der Waals surface area contributed by atoms with Crippen molar-refractivity contribution in [3.05, 3.63) is 46.2 Å². The standard InChI is InChI=1S/C15H18N2O2S/c1-17(6-5-14-4-3-7-20-14)15(18)11-8-12(16)10-13(9-11)19-2/h3-4,7-10H,5-6,16H2,1-2H3. The summed E-state index contributed by atoms with van der Waals surface area (Å²) in [5.41, 5.74) is 6.85. The third kappa shape index (κ3) is 3.51. The maximum Gasteiger partial charge on any atom is 0.253 e. The Bertz CT molecular complexity index is 582. The molecule has 0 atom stereocenters. The van der Waals surface area contributed by atoms with Gasteiger partial charge in [0.25, 0.3) is 5.91 Å². The number of nitrogens with zero attached hydrogens (tertiary/aromatic N) is 1. The van der Waals surface area contributed by atoms with Crippen LogP contribution in [0.15, 0.2) is 35.7 Å². The summed E-state index contributed by atoms with van der Waals surface area (Å²) in [6.07, 6.45) is 0.860. The van der Waals surface area contributed by atoms with E-state index in [-0.39, 0.29) is 5.91 Å². The third-order valence-corrected chi connectivity index (χ3v) is 3.97. The van der Waals surface area contributed by atoms with Gasteiger partial charge in [-0.25, -0.2) is 0 Å². The smallest absolute Gasteiger partial charge is 0.253 e. The van der Waals surface area contributed by atoms with Gasteiger partial charge in [0.15, 0.2) is 0 Å². The van der Waals surface area contributed by atoms with E-state index in [1.54, 1.807) is 48.6 Å². The number of rotatable bonds is 5. The van der Waals surface area contributed by atoms with E-state index in [1.807, 2.05) is 11.4 Å². The summed E-state index contributed by atoms with van der Waals surface area (Å²) < 4.78 is 5.14. The monoisotopic (exact) mass is 290 g/mol. The van der Waals surface area contributed by atoms with Gasteiger partial charge in [-0.2, -0.15) is 0 Å². The first kappa shape index (κ1) is 14.4. The average molecular weight is 290 g/mol. The minimum atomic E-state index is -0.0489. The number of hydrogen-bond acceptors (Lipinski definition) is 4. The number of likely N-dealkylation sites (N-methyl/N-ethyl adjacent to an activating group) is 1. The van der Waals surface area contributed by atoms with Gasteiger partial charge in [-0.05, 0) is 30.0 Å². The summed E-state index contributed by atoms with van der Waals surface area (Å²) in [6, 6.07) is 9.17. The molecule has 1 aromatic carbocycles. The van der Waals surface area contributed by atoms with E-state index in [2.05, 4.69) is 6.07 Å². The van der Waals surface area contributed by atoms with E-state index in [1.165, 1.54) is 4.88 Å². The van der Waals surface area contributed by atoms with Gasteiger partial charge in [-0.15, -0.1) is 11.3 Å². The Balaban J connectivity index is 2.04. The van der Waals surface area contributed by atoms with Crippen LogP contribution in [0.4, 0.5) is 5.69 Å². The Hall–Kier alpha value is -2.01. The first-order valence-corrected chi connectivity index (χ1v) is 7.20. The molecule has 0 bridgehead atoms. The van der Waals surface area contributed by atoms with E-state index in [9.17, 15) is 4.79 Å². The van der Waals surface area contributed by atoms with Crippen LogP contribution in [-0.4, -0.2) is 31.5 Å². The molecule has 0 saturated carbocycles. The quantitative estimate of drug-likeness (QED) is 0.861. The predicted molar refractivity (Wildman–Crippen MR) is 82.4 cm³/mol. The van der Waals surface area contributed by atoms with Crippen LogP contribution >= 0.6 is 11.3 Å². The molecule has 0 radical (unpaired) electrons. The lowest BCUT2D eigenvalue weighted by Crippen LogP contribution is -2.28. The van der Waals surface area contributed by atoms with Crippen molar-refractivity contribution in [1.82, 2.24) is 4.90 Å². The van der Waals surface area contributed by atoms with Crippen molar-refractivity contribution in [3.8, 4) is 5.75 Å². The van der Waals surface area contributed by atoms with Crippen LogP contribution in [0.25, 0.3) is 0 Å². The second-order valence-corrected chi connectivity index (χ2v) is 5.58. The van der Waals surface area contributed by atoms with Crippen molar-refractivity contribution in [2.75, 3.05) is 26.4 Å². The first-order valence-electron chi connectivity index (χ1n) is 6.32. The molecule has 20 heavy (non-hydrogen) atoms. The molecule has 0 unspecified atom stereocenters. The SMILES string of the molecule is COc1cc(N)cc(C(=O)N(C)CCc2cccs2)c1. The van der Waals surface area contributed by atoms with Gasteiger partial charge >= 0.3 is 0 Å². The number of nitrogens with two attached hydrogens (primary N) is 1. The summed E-state index contributed by atoms with van der Waals surface area (Å²) in [4.78, 5) is 15.3. The highest BCUT2D eigenvalue weighted by molar-refractivity contribution is 7.09. The van der Waals surface area contributed by atoms with Crippen molar-refractivity contribution < 1.29 is 9.53 Å². The molecule has 5 heteroatoms. The normalized spacial score (nSPS) is 10.3. The molecular weight excluding hydrogens is 272 g/mol. The summed E-state index contributed by atoms with van der Waals surface area (Å²) in [7, 11) is 3.36. The summed E-state index contributed by atoms with van der Waals surface area (Å²) in [5, 5.41) is 2.04. The predicted octanol–water partition coefficient (Wildman–Crippen LogP) is 2.65. The highest BCUT2D eigenvalue weighted by atomic mass is 32.1. The molecule has 0 spiro atoms. The molecular formula is C15H18N2O2S. The molecule has 2 N–H and O–H groups in total. The third-order valence-electron chi connectivity index (χ3n) is 3.03. The maximum atomic E-state index is 12.3. The highest BCUT2D eigenvalue weighted by Gasteiger charge is 2.13. The Labute approximate surface area is 122 Å². The largest absolute Gasteiger partial charge is 0.497 e. The molecule has 0 aliphatic rings. The fourth-order valence-corrected chi connectivity index (χ4v) is 2.62. The van der Waals surface area contributed by atoms with Crippen molar-refractivity contribution >= 4 is 22.9 Å². The van der Waals surface area contributed by atoms with Crippen LogP contribution in [0.1, 0.15) is 15.2 Å². The number of amides is 1. The topological polar surface area (TPSA) is 55.6 Å². The number of carbonyl (C=O) groups excluding carboxylic acids is 1. The Morgan fingerprint density at radius 2 is 2.20 bits per heavy atom. The van der Waals surface area contributed by atoms with Crippen LogP contribution in [-0.2, 0) is 6.42 Å². The molecule has 0 aliphatic carbocycles. The van der Waals surface area contributed by atoms with Crippen LogP contribution < -0.4 is 10.5 Å². The molecule has 1 heterocycles. The molecule has 0 aliphatic heterocycles. The van der Waals surface area contributed by atoms with Gasteiger partial charge in [0.2, 0.25) is 0 Å². The van der Waals surface area contributed by atoms with Gasteiger partial charge in [0.05, 0.1) is 7.11 Å². The molecule has 106 valence electrons. The van der Waals surface area contributed by atoms with E-state index < -0.39 is 0 Å². The lowest BCUT2D eigenvalue weighted by atomic mass is 10.1. The number of benzene rings is 1. The Kier molecular flexibility index (Phi) is 4.63. The van der Waals surface area contributed by atoms with Gasteiger partial charge < -0.3 is 15.4 Å². The van der Waals surface area contributed by atoms with Crippen molar-refractivity contribution in [2.24, 2.45) is 0 Å². The lowest BCUT2D eigenvalue weighted by Gasteiger charge is -2.17. The lowest BCUT2D eigenvalue weighted by molar-refractivity contribution is 0.0796. The number of thiophene rings is 1. The average Bonchev–Trinajstić information content (AvgIpc) is 2.96. The first-order chi connectivity index (χ1) is 9.60. The van der Waals surface area contributed by atoms with E-state index in [4.69, 9.17) is 10.5 Å². The fourth-order valence-electron chi connectivity index (χ4n) is 1.92. The minimum absolute atomic E-state index is 0.0489. The minimum Gasteiger partial charge on any atom is -0.497 e. The Morgan fingerprint density at radius 3 is 2.85 bits per heavy atom. The molecule has 4 nitrogen and oxygen atoms in total. The maximum absolute atomic E-state index is 12.3. The number of methoxy groups -OCH3 is 1. The second-order valence-electron chi connectivity index (χ2n) is 4.55.